The van der Waals surface area contributed by atoms with Crippen LogP contribution in [0, 0.1) is 0 Å². The Kier molecular flexibility index (Phi) is 6.03. The number of hydrogen-bond acceptors (Lipinski definition) is 6. The lowest BCUT2D eigenvalue weighted by molar-refractivity contribution is -0.118. The van der Waals surface area contributed by atoms with Crippen LogP contribution in [0.5, 0.6) is 0 Å². The van der Waals surface area contributed by atoms with Crippen LogP contribution in [0.4, 0.5) is 11.4 Å². The van der Waals surface area contributed by atoms with E-state index in [0.717, 1.165) is 30.8 Å². The lowest BCUT2D eigenvalue weighted by Crippen LogP contribution is -2.26. The number of para-hydroxylation sites is 2. The molecule has 9 nitrogen and oxygen atoms in total. The molecule has 30 heavy (non-hydrogen) atoms. The number of aromatic nitrogens is 3. The number of carbonyl (C=O) groups is 3. The molecule has 1 aliphatic heterocycles. The quantitative estimate of drug-likeness (QED) is 0.588. The monoisotopic (exact) mass is 428 g/mol. The standard InChI is InChI=1S/C20H24N6O3S/c21-16(27)9-11-26-19(13-7-8-13)23-24-20(26)30-12-17(28)22-14-4-1-2-5-15(14)25-10-3-6-18(25)29/h1-2,4-5,13H,3,6-12H2,(H2,21,27)(H,22,28). The molecule has 1 saturated heterocycles. The summed E-state index contributed by atoms with van der Waals surface area (Å²) in [6.07, 6.45) is 3.68. The molecule has 0 spiro atoms. The van der Waals surface area contributed by atoms with Crippen LogP contribution < -0.4 is 16.0 Å². The highest BCUT2D eigenvalue weighted by Gasteiger charge is 2.30. The van der Waals surface area contributed by atoms with E-state index in [0.29, 0.717) is 36.3 Å². The molecule has 10 heteroatoms. The van der Waals surface area contributed by atoms with Crippen molar-refractivity contribution >= 4 is 40.9 Å². The van der Waals surface area contributed by atoms with Crippen molar-refractivity contribution in [1.82, 2.24) is 14.8 Å². The first-order valence-corrected chi connectivity index (χ1v) is 11.0. The van der Waals surface area contributed by atoms with Gasteiger partial charge >= 0.3 is 0 Å². The lowest BCUT2D eigenvalue weighted by atomic mass is 10.2. The van der Waals surface area contributed by atoms with E-state index in [1.165, 1.54) is 11.8 Å². The average molecular weight is 429 g/mol. The summed E-state index contributed by atoms with van der Waals surface area (Å²) in [4.78, 5) is 37.6. The Bertz CT molecular complexity index is 971. The second-order valence-electron chi connectivity index (χ2n) is 7.49. The van der Waals surface area contributed by atoms with Gasteiger partial charge in [0.05, 0.1) is 17.1 Å². The van der Waals surface area contributed by atoms with E-state index in [2.05, 4.69) is 15.5 Å². The Morgan fingerprint density at radius 3 is 2.73 bits per heavy atom. The van der Waals surface area contributed by atoms with Gasteiger partial charge in [0.1, 0.15) is 5.82 Å². The third-order valence-electron chi connectivity index (χ3n) is 5.14. The van der Waals surface area contributed by atoms with E-state index in [1.807, 2.05) is 22.8 Å². The zero-order valence-corrected chi connectivity index (χ0v) is 17.4. The number of anilines is 2. The van der Waals surface area contributed by atoms with Crippen molar-refractivity contribution in [3.63, 3.8) is 0 Å². The number of rotatable bonds is 9. The van der Waals surface area contributed by atoms with E-state index in [9.17, 15) is 14.4 Å². The first-order valence-electron chi connectivity index (χ1n) is 10.1. The second kappa shape index (κ2) is 8.86. The molecule has 2 aliphatic rings. The van der Waals surface area contributed by atoms with Gasteiger partial charge in [0.15, 0.2) is 5.16 Å². The molecule has 1 aromatic heterocycles. The van der Waals surface area contributed by atoms with Crippen LogP contribution in [0.25, 0.3) is 0 Å². The van der Waals surface area contributed by atoms with Gasteiger partial charge in [-0.1, -0.05) is 23.9 Å². The molecule has 2 fully saturated rings. The van der Waals surface area contributed by atoms with E-state index < -0.39 is 0 Å². The van der Waals surface area contributed by atoms with Crippen molar-refractivity contribution in [1.29, 1.82) is 0 Å². The van der Waals surface area contributed by atoms with Gasteiger partial charge in [-0.3, -0.25) is 14.4 Å². The van der Waals surface area contributed by atoms with E-state index in [4.69, 9.17) is 5.73 Å². The first-order chi connectivity index (χ1) is 14.5. The lowest BCUT2D eigenvalue weighted by Gasteiger charge is -2.19. The van der Waals surface area contributed by atoms with Gasteiger partial charge in [-0.05, 0) is 31.4 Å². The van der Waals surface area contributed by atoms with Gasteiger partial charge in [-0.15, -0.1) is 10.2 Å². The molecule has 1 aliphatic carbocycles. The van der Waals surface area contributed by atoms with Crippen LogP contribution >= 0.6 is 11.8 Å². The van der Waals surface area contributed by atoms with Crippen LogP contribution in [-0.4, -0.2) is 44.8 Å². The third kappa shape index (κ3) is 4.64. The van der Waals surface area contributed by atoms with Crippen molar-refractivity contribution in [3.8, 4) is 0 Å². The second-order valence-corrected chi connectivity index (χ2v) is 8.43. The summed E-state index contributed by atoms with van der Waals surface area (Å²) >= 11 is 1.28. The van der Waals surface area contributed by atoms with E-state index >= 15 is 0 Å². The largest absolute Gasteiger partial charge is 0.370 e. The van der Waals surface area contributed by atoms with E-state index in [1.54, 1.807) is 11.0 Å². The summed E-state index contributed by atoms with van der Waals surface area (Å²) in [7, 11) is 0. The predicted molar refractivity (Wildman–Crippen MR) is 113 cm³/mol. The minimum Gasteiger partial charge on any atom is -0.370 e. The van der Waals surface area contributed by atoms with Crippen LogP contribution in [0.15, 0.2) is 29.4 Å². The molecule has 0 bridgehead atoms. The molecule has 1 aromatic carbocycles. The number of benzene rings is 1. The molecule has 158 valence electrons. The average Bonchev–Trinajstić information content (AvgIpc) is 3.35. The summed E-state index contributed by atoms with van der Waals surface area (Å²) in [5.74, 6) is 0.863. The molecule has 0 atom stereocenters. The van der Waals surface area contributed by atoms with Crippen molar-refractivity contribution in [2.24, 2.45) is 5.73 Å². The van der Waals surface area contributed by atoms with Gasteiger partial charge in [-0.2, -0.15) is 0 Å². The third-order valence-corrected chi connectivity index (χ3v) is 6.11. The molecule has 0 unspecified atom stereocenters. The molecule has 2 aromatic rings. The van der Waals surface area contributed by atoms with Crippen LogP contribution in [-0.2, 0) is 20.9 Å². The number of nitrogens with two attached hydrogens (primary N) is 1. The van der Waals surface area contributed by atoms with Crippen LogP contribution in [0.3, 0.4) is 0 Å². The number of amides is 3. The van der Waals surface area contributed by atoms with Gasteiger partial charge in [-0.25, -0.2) is 0 Å². The maximum Gasteiger partial charge on any atom is 0.234 e. The number of nitrogens with zero attached hydrogens (tertiary/aromatic N) is 4. The highest BCUT2D eigenvalue weighted by atomic mass is 32.2. The Labute approximate surface area is 178 Å². The van der Waals surface area contributed by atoms with Crippen LogP contribution in [0.2, 0.25) is 0 Å². The first kappa shape index (κ1) is 20.4. The molecular formula is C20H24N6O3S. The summed E-state index contributed by atoms with van der Waals surface area (Å²) in [5, 5.41) is 12.0. The SMILES string of the molecule is NC(=O)CCn1c(SCC(=O)Nc2ccccc2N2CCCC2=O)nnc1C1CC1. The number of primary amides is 1. The fourth-order valence-corrected chi connectivity index (χ4v) is 4.29. The van der Waals surface area contributed by atoms with Gasteiger partial charge < -0.3 is 20.5 Å². The molecule has 4 rings (SSSR count). The fourth-order valence-electron chi connectivity index (χ4n) is 3.52. The highest BCUT2D eigenvalue weighted by Crippen LogP contribution is 2.40. The van der Waals surface area contributed by atoms with Gasteiger partial charge in [0.25, 0.3) is 0 Å². The molecular weight excluding hydrogens is 404 g/mol. The smallest absolute Gasteiger partial charge is 0.234 e. The summed E-state index contributed by atoms with van der Waals surface area (Å²) in [5.41, 5.74) is 6.63. The Morgan fingerprint density at radius 1 is 1.23 bits per heavy atom. The minimum atomic E-state index is -0.382. The molecule has 0 radical (unpaired) electrons. The number of thioether (sulfide) groups is 1. The molecule has 1 saturated carbocycles. The molecule has 3 amide bonds. The van der Waals surface area contributed by atoms with Crippen LogP contribution in [0.1, 0.15) is 43.8 Å². The van der Waals surface area contributed by atoms with E-state index in [-0.39, 0.29) is 29.9 Å². The Hall–Kier alpha value is -2.88. The zero-order valence-electron chi connectivity index (χ0n) is 16.5. The summed E-state index contributed by atoms with van der Waals surface area (Å²) in [6, 6.07) is 7.32. The number of nitrogens with one attached hydrogen (secondary N) is 1. The maximum absolute atomic E-state index is 12.6. The number of hydrogen-bond donors (Lipinski definition) is 2. The van der Waals surface area contributed by atoms with Crippen molar-refractivity contribution in [2.45, 2.75) is 49.7 Å². The topological polar surface area (TPSA) is 123 Å². The fraction of sp³-hybridized carbons (Fsp3) is 0.450. The molecule has 2 heterocycles. The predicted octanol–water partition coefficient (Wildman–Crippen LogP) is 1.89. The number of carbonyl (C=O) groups excluding carboxylic acids is 3. The van der Waals surface area contributed by atoms with Gasteiger partial charge in [0.2, 0.25) is 17.7 Å². The molecule has 3 N–H and O–H groups in total. The Balaban J connectivity index is 1.41. The summed E-state index contributed by atoms with van der Waals surface area (Å²) < 4.78 is 1.90. The van der Waals surface area contributed by atoms with Crippen molar-refractivity contribution in [3.05, 3.63) is 30.1 Å². The normalized spacial score (nSPS) is 16.1. The highest BCUT2D eigenvalue weighted by molar-refractivity contribution is 7.99. The van der Waals surface area contributed by atoms with Gasteiger partial charge in [0, 0.05) is 31.8 Å². The zero-order chi connectivity index (χ0) is 21.1. The van der Waals surface area contributed by atoms with Crippen molar-refractivity contribution in [2.75, 3.05) is 22.5 Å². The minimum absolute atomic E-state index is 0.0706. The Morgan fingerprint density at radius 2 is 2.03 bits per heavy atom. The maximum atomic E-state index is 12.6. The van der Waals surface area contributed by atoms with Crippen molar-refractivity contribution < 1.29 is 14.4 Å². The summed E-state index contributed by atoms with van der Waals surface area (Å²) in [6.45, 7) is 1.07.